The molecule has 0 fully saturated rings. The van der Waals surface area contributed by atoms with Crippen LogP contribution in [0.5, 0.6) is 5.75 Å². The van der Waals surface area contributed by atoms with Gasteiger partial charge in [-0.2, -0.15) is 0 Å². The number of thiophene rings is 1. The Kier molecular flexibility index (Phi) is 5.60. The molecule has 1 aromatic heterocycles. The van der Waals surface area contributed by atoms with E-state index in [9.17, 15) is 0 Å². The quantitative estimate of drug-likeness (QED) is 0.631. The van der Waals surface area contributed by atoms with Crippen molar-refractivity contribution in [2.24, 2.45) is 10.7 Å². The van der Waals surface area contributed by atoms with Gasteiger partial charge in [-0.3, -0.25) is 9.89 Å². The second kappa shape index (κ2) is 7.88. The Hall–Kier alpha value is -1.76. The Labute approximate surface area is 151 Å². The summed E-state index contributed by atoms with van der Waals surface area (Å²) in [7, 11) is 1.59. The van der Waals surface area contributed by atoms with Gasteiger partial charge in [-0.25, -0.2) is 0 Å². The van der Waals surface area contributed by atoms with Crippen molar-refractivity contribution in [2.75, 3.05) is 32.1 Å². The van der Waals surface area contributed by atoms with Crippen molar-refractivity contribution in [3.8, 4) is 5.75 Å². The first-order valence-corrected chi connectivity index (χ1v) is 9.09. The number of nitrogens with two attached hydrogens (primary N) is 1. The number of rotatable bonds is 5. The van der Waals surface area contributed by atoms with Crippen LogP contribution in [0, 0.1) is 0 Å². The molecule has 2 heterocycles. The standard InChI is InChI=1S/C17H21ClN4OS/c1-23-15-3-2-13(10-14(15)18)21-17(19)20-6-8-22-7-4-16-12(11-22)5-9-24-16/h2-3,5,9-10H,4,6-8,11H2,1H3,(H3,19,20,21). The first-order chi connectivity index (χ1) is 11.7. The van der Waals surface area contributed by atoms with Crippen LogP contribution < -0.4 is 15.8 Å². The van der Waals surface area contributed by atoms with Crippen molar-refractivity contribution in [1.82, 2.24) is 4.90 Å². The van der Waals surface area contributed by atoms with E-state index >= 15 is 0 Å². The van der Waals surface area contributed by atoms with E-state index in [1.807, 2.05) is 17.4 Å². The summed E-state index contributed by atoms with van der Waals surface area (Å²) in [5.74, 6) is 1.03. The third-order valence-electron chi connectivity index (χ3n) is 4.01. The molecule has 3 rings (SSSR count). The van der Waals surface area contributed by atoms with Crippen molar-refractivity contribution in [3.63, 3.8) is 0 Å². The van der Waals surface area contributed by atoms with E-state index in [4.69, 9.17) is 22.1 Å². The molecule has 0 radical (unpaired) electrons. The van der Waals surface area contributed by atoms with E-state index in [0.717, 1.165) is 31.7 Å². The number of benzene rings is 1. The molecule has 0 atom stereocenters. The van der Waals surface area contributed by atoms with Crippen molar-refractivity contribution in [2.45, 2.75) is 13.0 Å². The third-order valence-corrected chi connectivity index (χ3v) is 5.33. The van der Waals surface area contributed by atoms with Gasteiger partial charge in [0.15, 0.2) is 5.96 Å². The molecule has 7 heteroatoms. The van der Waals surface area contributed by atoms with E-state index in [-0.39, 0.29) is 0 Å². The fraction of sp³-hybridized carbons (Fsp3) is 0.353. The van der Waals surface area contributed by atoms with Gasteiger partial charge >= 0.3 is 0 Å². The van der Waals surface area contributed by atoms with E-state index in [0.29, 0.717) is 23.3 Å². The van der Waals surface area contributed by atoms with Crippen molar-refractivity contribution >= 4 is 34.6 Å². The van der Waals surface area contributed by atoms with Gasteiger partial charge in [0.25, 0.3) is 0 Å². The number of hydrogen-bond acceptors (Lipinski definition) is 4. The summed E-state index contributed by atoms with van der Waals surface area (Å²) in [5, 5.41) is 5.77. The van der Waals surface area contributed by atoms with Gasteiger partial charge in [0.1, 0.15) is 5.75 Å². The number of nitrogens with one attached hydrogen (secondary N) is 1. The fourth-order valence-corrected chi connectivity index (χ4v) is 3.89. The van der Waals surface area contributed by atoms with Gasteiger partial charge in [0.05, 0.1) is 18.7 Å². The summed E-state index contributed by atoms with van der Waals surface area (Å²) in [6.07, 6.45) is 1.13. The minimum absolute atomic E-state index is 0.393. The van der Waals surface area contributed by atoms with Gasteiger partial charge in [-0.05, 0) is 41.6 Å². The molecule has 2 aromatic rings. The maximum absolute atomic E-state index is 6.10. The molecule has 0 unspecified atom stereocenters. The molecular formula is C17H21ClN4OS. The normalized spacial score (nSPS) is 15.2. The molecule has 5 nitrogen and oxygen atoms in total. The zero-order valence-electron chi connectivity index (χ0n) is 13.6. The fourth-order valence-electron chi connectivity index (χ4n) is 2.74. The lowest BCUT2D eigenvalue weighted by molar-refractivity contribution is 0.264. The molecule has 0 aliphatic carbocycles. The van der Waals surface area contributed by atoms with Crippen LogP contribution in [0.3, 0.4) is 0 Å². The number of nitrogens with zero attached hydrogens (tertiary/aromatic N) is 2. The Bertz CT molecular complexity index is 731. The van der Waals surface area contributed by atoms with Crippen molar-refractivity contribution < 1.29 is 4.74 Å². The summed E-state index contributed by atoms with van der Waals surface area (Å²) in [6, 6.07) is 7.64. The number of halogens is 1. The minimum Gasteiger partial charge on any atom is -0.495 e. The number of ether oxygens (including phenoxy) is 1. The highest BCUT2D eigenvalue weighted by atomic mass is 35.5. The SMILES string of the molecule is COc1ccc(NC(N)=NCCN2CCc3sccc3C2)cc1Cl. The maximum Gasteiger partial charge on any atom is 0.193 e. The summed E-state index contributed by atoms with van der Waals surface area (Å²) in [4.78, 5) is 8.33. The zero-order valence-corrected chi connectivity index (χ0v) is 15.2. The molecule has 1 aliphatic heterocycles. The predicted octanol–water partition coefficient (Wildman–Crippen LogP) is 3.20. The summed E-state index contributed by atoms with van der Waals surface area (Å²) in [5.41, 5.74) is 8.20. The maximum atomic E-state index is 6.10. The Morgan fingerprint density at radius 2 is 2.33 bits per heavy atom. The smallest absolute Gasteiger partial charge is 0.193 e. The second-order valence-corrected chi connectivity index (χ2v) is 7.04. The highest BCUT2D eigenvalue weighted by Crippen LogP contribution is 2.27. The van der Waals surface area contributed by atoms with Crippen LogP contribution in [0.4, 0.5) is 5.69 Å². The Morgan fingerprint density at radius 3 is 3.12 bits per heavy atom. The van der Waals surface area contributed by atoms with Gasteiger partial charge in [0.2, 0.25) is 0 Å². The van der Waals surface area contributed by atoms with Crippen LogP contribution in [-0.2, 0) is 13.0 Å². The molecule has 0 spiro atoms. The third kappa shape index (κ3) is 4.20. The van der Waals surface area contributed by atoms with Gasteiger partial charge in [-0.1, -0.05) is 11.6 Å². The lowest BCUT2D eigenvalue weighted by Crippen LogP contribution is -2.32. The highest BCUT2D eigenvalue weighted by Gasteiger charge is 2.16. The molecule has 0 bridgehead atoms. The molecule has 0 amide bonds. The van der Waals surface area contributed by atoms with Gasteiger partial charge in [0, 0.05) is 30.2 Å². The molecule has 128 valence electrons. The van der Waals surface area contributed by atoms with E-state index in [2.05, 4.69) is 26.7 Å². The zero-order chi connectivity index (χ0) is 16.9. The number of guanidine groups is 1. The van der Waals surface area contributed by atoms with E-state index < -0.39 is 0 Å². The first kappa shape index (κ1) is 17.1. The van der Waals surface area contributed by atoms with Crippen LogP contribution in [0.2, 0.25) is 5.02 Å². The largest absolute Gasteiger partial charge is 0.495 e. The van der Waals surface area contributed by atoms with Crippen molar-refractivity contribution in [3.05, 3.63) is 45.1 Å². The number of hydrogen-bond donors (Lipinski definition) is 2. The average molecular weight is 365 g/mol. The molecule has 24 heavy (non-hydrogen) atoms. The summed E-state index contributed by atoms with van der Waals surface area (Å²) >= 11 is 7.96. The van der Waals surface area contributed by atoms with Gasteiger partial charge in [-0.15, -0.1) is 11.3 Å². The predicted molar refractivity (Wildman–Crippen MR) is 101 cm³/mol. The topological polar surface area (TPSA) is 62.9 Å². The monoisotopic (exact) mass is 364 g/mol. The lowest BCUT2D eigenvalue weighted by atomic mass is 10.1. The van der Waals surface area contributed by atoms with Crippen LogP contribution >= 0.6 is 22.9 Å². The lowest BCUT2D eigenvalue weighted by Gasteiger charge is -2.26. The Morgan fingerprint density at radius 1 is 1.46 bits per heavy atom. The van der Waals surface area contributed by atoms with E-state index in [1.165, 1.54) is 10.4 Å². The molecule has 0 saturated heterocycles. The molecular weight excluding hydrogens is 344 g/mol. The van der Waals surface area contributed by atoms with Crippen LogP contribution in [-0.4, -0.2) is 37.6 Å². The van der Waals surface area contributed by atoms with Crippen molar-refractivity contribution in [1.29, 1.82) is 0 Å². The van der Waals surface area contributed by atoms with E-state index in [1.54, 1.807) is 19.2 Å². The van der Waals surface area contributed by atoms with Crippen LogP contribution in [0.25, 0.3) is 0 Å². The minimum atomic E-state index is 0.393. The number of aliphatic imine (C=N–C) groups is 1. The highest BCUT2D eigenvalue weighted by molar-refractivity contribution is 7.10. The first-order valence-electron chi connectivity index (χ1n) is 7.84. The van der Waals surface area contributed by atoms with Crippen LogP contribution in [0.1, 0.15) is 10.4 Å². The summed E-state index contributed by atoms with van der Waals surface area (Å²) < 4.78 is 5.13. The summed E-state index contributed by atoms with van der Waals surface area (Å²) in [6.45, 7) is 3.67. The Balaban J connectivity index is 1.49. The van der Waals surface area contributed by atoms with Crippen LogP contribution in [0.15, 0.2) is 34.6 Å². The molecule has 1 aliphatic rings. The number of methoxy groups -OCH3 is 1. The molecule has 0 saturated carbocycles. The second-order valence-electron chi connectivity index (χ2n) is 5.64. The average Bonchev–Trinajstić information content (AvgIpc) is 3.03. The molecule has 1 aromatic carbocycles. The van der Waals surface area contributed by atoms with Gasteiger partial charge < -0.3 is 15.8 Å². The number of fused-ring (bicyclic) bond motifs is 1. The molecule has 3 N–H and O–H groups in total. The number of anilines is 1.